The van der Waals surface area contributed by atoms with Crippen molar-refractivity contribution in [3.63, 3.8) is 0 Å². The van der Waals surface area contributed by atoms with Crippen molar-refractivity contribution in [2.45, 2.75) is 62.7 Å². The van der Waals surface area contributed by atoms with Gasteiger partial charge in [-0.25, -0.2) is 19.9 Å². The molecule has 4 aromatic heterocycles. The number of nitrogens with zero attached hydrogens (tertiary/aromatic N) is 8. The number of hydrogen-bond acceptors (Lipinski definition) is 16. The zero-order valence-electron chi connectivity index (χ0n) is 41.3. The quantitative estimate of drug-likeness (QED) is 0.0466. The minimum Gasteiger partial charge on any atom is -0.351 e. The third kappa shape index (κ3) is 20.6. The summed E-state index contributed by atoms with van der Waals surface area (Å²) in [6, 6.07) is 20.7. The molecule has 2 aliphatic rings. The Hall–Kier alpha value is -7.36. The van der Waals surface area contributed by atoms with Crippen molar-refractivity contribution >= 4 is 82.8 Å². The number of carbonyl (C=O) groups excluding carboxylic acids is 5. The lowest BCUT2D eigenvalue weighted by molar-refractivity contribution is -0.191. The summed E-state index contributed by atoms with van der Waals surface area (Å²) in [5.74, 6) is 0.611. The van der Waals surface area contributed by atoms with Gasteiger partial charge in [0, 0.05) is 78.7 Å². The van der Waals surface area contributed by atoms with Gasteiger partial charge in [-0.05, 0) is 115 Å². The van der Waals surface area contributed by atoms with Gasteiger partial charge in [0.2, 0.25) is 23.7 Å². The van der Waals surface area contributed by atoms with E-state index in [1.54, 1.807) is 67.3 Å². The van der Waals surface area contributed by atoms with E-state index in [1.807, 2.05) is 80.5 Å². The number of para-hydroxylation sites is 1. The molecule has 9 N–H and O–H groups in total. The summed E-state index contributed by atoms with van der Waals surface area (Å²) in [5, 5.41) is 29.8. The highest BCUT2D eigenvalue weighted by atomic mass is 35.5. The summed E-state index contributed by atoms with van der Waals surface area (Å²) in [6.45, 7) is 1.45. The Kier molecular flexibility index (Phi) is 25.0. The van der Waals surface area contributed by atoms with Gasteiger partial charge in [-0.3, -0.25) is 24.6 Å². The number of anilines is 4. The van der Waals surface area contributed by atoms with Crippen LogP contribution in [-0.2, 0) is 19.2 Å². The zero-order valence-corrected chi connectivity index (χ0v) is 43.6. The summed E-state index contributed by atoms with van der Waals surface area (Å²) in [5.41, 5.74) is 10.6. The van der Waals surface area contributed by atoms with Crippen LogP contribution in [0.1, 0.15) is 48.9 Å². The predicted molar refractivity (Wildman–Crippen MR) is 289 cm³/mol. The number of amides is 3. The molecular formula is C50H61Cl3N16O5. The standard InChI is InChI=1S/C25H29ClN8O2.C12H15ClN6.C12H16N2O.CO2.ClH/c1-34(2)13-3-4-22(35)29-17-7-5-16(6-8-17)24(36)30-18-9-10-19(14-18)31-25-27-15-20(26)23(32-25)21-11-12-28-33-21;13-9-6-15-12(17-8-2-1-7(14)5-8)18-11(9)10-3-4-16-19-10;1-14(2)10-6-9-12(15)13-11-7-4-3-5-8-11;2-1-3;/h3-8,11-12,15,18-19H,9-10,13-14H2,1-2H3,(H,28,33)(H,29,35)(H,30,36)(H,27,31,32);3-4,6-8H,1-2,5,14H2,(H,16,19)(H,15,17,18);3-9H,10H2,1-2H3,(H,13,15);;1H/b4-3+;;9-6+;;/t18-,19?;7-,8?;;;/m11.../s1. The van der Waals surface area contributed by atoms with Gasteiger partial charge in [0.05, 0.1) is 33.8 Å². The van der Waals surface area contributed by atoms with E-state index in [1.165, 1.54) is 6.08 Å². The monoisotopic (exact) mass is 1070 g/mol. The van der Waals surface area contributed by atoms with E-state index in [0.717, 1.165) is 56.5 Å². The molecule has 21 nitrogen and oxygen atoms in total. The maximum atomic E-state index is 12.7. The van der Waals surface area contributed by atoms with Gasteiger partial charge in [0.15, 0.2) is 0 Å². The molecular weight excluding hydrogens is 1010 g/mol. The molecule has 8 rings (SSSR count). The molecule has 3 amide bonds. The van der Waals surface area contributed by atoms with Crippen molar-refractivity contribution in [3.05, 3.63) is 131 Å². The van der Waals surface area contributed by atoms with Crippen LogP contribution in [0.25, 0.3) is 22.8 Å². The maximum Gasteiger partial charge on any atom is 0.373 e. The van der Waals surface area contributed by atoms with E-state index in [0.29, 0.717) is 62.9 Å². The lowest BCUT2D eigenvalue weighted by Crippen LogP contribution is -2.34. The van der Waals surface area contributed by atoms with Gasteiger partial charge < -0.3 is 42.1 Å². The Labute approximate surface area is 445 Å². The molecule has 0 spiro atoms. The van der Waals surface area contributed by atoms with Crippen LogP contribution in [0.2, 0.25) is 10.0 Å². The minimum atomic E-state index is -0.208. The van der Waals surface area contributed by atoms with E-state index >= 15 is 0 Å². The Morgan fingerprint density at radius 1 is 0.676 bits per heavy atom. The number of aromatic nitrogens is 8. The van der Waals surface area contributed by atoms with E-state index in [2.05, 4.69) is 66.9 Å². The lowest BCUT2D eigenvalue weighted by Gasteiger charge is -2.15. The molecule has 0 saturated heterocycles. The van der Waals surface area contributed by atoms with Crippen molar-refractivity contribution in [2.24, 2.45) is 5.73 Å². The number of benzene rings is 2. The molecule has 4 atom stereocenters. The first-order chi connectivity index (χ1) is 35.2. The van der Waals surface area contributed by atoms with E-state index in [9.17, 15) is 14.4 Å². The number of H-pyrrole nitrogens is 2. The normalized spacial score (nSPS) is 16.6. The van der Waals surface area contributed by atoms with Crippen LogP contribution in [0.5, 0.6) is 0 Å². The Morgan fingerprint density at radius 3 is 1.58 bits per heavy atom. The van der Waals surface area contributed by atoms with Gasteiger partial charge in [-0.15, -0.1) is 12.4 Å². The molecule has 2 fully saturated rings. The summed E-state index contributed by atoms with van der Waals surface area (Å²) in [6.07, 6.45) is 18.9. The maximum absolute atomic E-state index is 12.7. The van der Waals surface area contributed by atoms with Crippen LogP contribution in [-0.4, -0.2) is 139 Å². The third-order valence-electron chi connectivity index (χ3n) is 10.8. The SMILES string of the molecule is CN(C)C/C=C/C(=O)Nc1ccc(C(=O)N[C@@H]2CCC(Nc3ncc(Cl)c(-c4ccn[nH]4)n3)C2)cc1.CN(C)C/C=C/C(=O)Nc1ccccc1.Cl.N[C@@H]1CCC(Nc2ncc(Cl)c(-c3ccn[nH]3)n2)C1.O=C=O. The summed E-state index contributed by atoms with van der Waals surface area (Å²) in [4.78, 5) is 73.7. The Balaban J connectivity index is 0.000000260. The summed E-state index contributed by atoms with van der Waals surface area (Å²) < 4.78 is 0. The number of aromatic amines is 2. The first-order valence-electron chi connectivity index (χ1n) is 23.2. The third-order valence-corrected chi connectivity index (χ3v) is 11.4. The number of carbonyl (C=O) groups is 3. The van der Waals surface area contributed by atoms with Gasteiger partial charge in [0.1, 0.15) is 11.4 Å². The van der Waals surface area contributed by atoms with Crippen molar-refractivity contribution < 1.29 is 24.0 Å². The predicted octanol–water partition coefficient (Wildman–Crippen LogP) is 6.73. The fourth-order valence-corrected chi connectivity index (χ4v) is 7.77. The molecule has 2 unspecified atom stereocenters. The highest BCUT2D eigenvalue weighted by molar-refractivity contribution is 6.33. The van der Waals surface area contributed by atoms with Gasteiger partial charge in [0.25, 0.3) is 5.91 Å². The van der Waals surface area contributed by atoms with E-state index in [4.69, 9.17) is 38.5 Å². The molecule has 4 heterocycles. The average molecular weight is 1070 g/mol. The average Bonchev–Trinajstić information content (AvgIpc) is 4.22. The van der Waals surface area contributed by atoms with Crippen LogP contribution >= 0.6 is 35.6 Å². The second-order valence-electron chi connectivity index (χ2n) is 17.3. The molecule has 0 bridgehead atoms. The Bertz CT molecular complexity index is 2740. The van der Waals surface area contributed by atoms with Crippen molar-refractivity contribution in [1.29, 1.82) is 0 Å². The summed E-state index contributed by atoms with van der Waals surface area (Å²) >= 11 is 12.3. The molecule has 0 radical (unpaired) electrons. The summed E-state index contributed by atoms with van der Waals surface area (Å²) in [7, 11) is 7.78. The van der Waals surface area contributed by atoms with Crippen LogP contribution in [0.15, 0.2) is 116 Å². The van der Waals surface area contributed by atoms with Crippen LogP contribution in [0.3, 0.4) is 0 Å². The minimum absolute atomic E-state index is 0. The number of rotatable bonds is 16. The molecule has 2 aliphatic carbocycles. The number of nitrogens with one attached hydrogen (secondary N) is 7. The van der Waals surface area contributed by atoms with Crippen LogP contribution in [0, 0.1) is 0 Å². The van der Waals surface area contributed by atoms with Gasteiger partial charge >= 0.3 is 6.15 Å². The molecule has 392 valence electrons. The fraction of sp³-hybridized carbons (Fsp3) is 0.320. The van der Waals surface area contributed by atoms with Crippen LogP contribution < -0.4 is 32.3 Å². The largest absolute Gasteiger partial charge is 0.373 e. The van der Waals surface area contributed by atoms with Gasteiger partial charge in [-0.2, -0.15) is 19.8 Å². The second-order valence-corrected chi connectivity index (χ2v) is 18.1. The number of halogens is 3. The molecule has 6 aromatic rings. The molecule has 0 aliphatic heterocycles. The molecule has 2 saturated carbocycles. The highest BCUT2D eigenvalue weighted by Gasteiger charge is 2.27. The number of hydrogen-bond donors (Lipinski definition) is 8. The number of likely N-dealkylation sites (N-methyl/N-ethyl adjacent to an activating group) is 2. The van der Waals surface area contributed by atoms with E-state index in [-0.39, 0.29) is 54.4 Å². The highest BCUT2D eigenvalue weighted by Crippen LogP contribution is 2.28. The fourth-order valence-electron chi connectivity index (χ4n) is 7.39. The first-order valence-corrected chi connectivity index (χ1v) is 24.0. The molecule has 24 heteroatoms. The van der Waals surface area contributed by atoms with Crippen molar-refractivity contribution in [1.82, 2.24) is 55.4 Å². The molecule has 2 aromatic carbocycles. The van der Waals surface area contributed by atoms with E-state index < -0.39 is 0 Å². The van der Waals surface area contributed by atoms with Crippen molar-refractivity contribution in [2.75, 3.05) is 62.5 Å². The van der Waals surface area contributed by atoms with Crippen LogP contribution in [0.4, 0.5) is 23.3 Å². The lowest BCUT2D eigenvalue weighted by atomic mass is 10.1. The zero-order chi connectivity index (χ0) is 52.5. The molecule has 74 heavy (non-hydrogen) atoms. The smallest absolute Gasteiger partial charge is 0.351 e. The number of nitrogens with two attached hydrogens (primary N) is 1. The topological polar surface area (TPSA) is 287 Å². The second kappa shape index (κ2) is 31.3. The van der Waals surface area contributed by atoms with Gasteiger partial charge in [-0.1, -0.05) is 53.6 Å². The van der Waals surface area contributed by atoms with Crippen molar-refractivity contribution in [3.8, 4) is 22.8 Å². The Morgan fingerprint density at radius 2 is 1.14 bits per heavy atom. The first kappa shape index (κ1) is 59.2.